The molecule has 0 fully saturated rings. The highest BCUT2D eigenvalue weighted by Gasteiger charge is 2.09. The Balaban J connectivity index is 1.98. The van der Waals surface area contributed by atoms with Crippen LogP contribution >= 0.6 is 11.3 Å². The normalized spacial score (nSPS) is 12.5. The van der Waals surface area contributed by atoms with E-state index in [1.165, 1.54) is 10.4 Å². The lowest BCUT2D eigenvalue weighted by Crippen LogP contribution is -2.29. The summed E-state index contributed by atoms with van der Waals surface area (Å²) in [5.41, 5.74) is 1.33. The quantitative estimate of drug-likeness (QED) is 0.819. The van der Waals surface area contributed by atoms with Crippen LogP contribution in [0.5, 0.6) is 0 Å². The molecule has 2 rings (SSSR count). The van der Waals surface area contributed by atoms with E-state index in [0.29, 0.717) is 6.04 Å². The summed E-state index contributed by atoms with van der Waals surface area (Å²) in [4.78, 5) is 1.38. The van der Waals surface area contributed by atoms with Gasteiger partial charge in [-0.05, 0) is 24.1 Å². The van der Waals surface area contributed by atoms with Gasteiger partial charge >= 0.3 is 0 Å². The van der Waals surface area contributed by atoms with Crippen molar-refractivity contribution < 1.29 is 0 Å². The molecule has 0 bridgehead atoms. The smallest absolute Gasteiger partial charge is 0.0449 e. The molecule has 1 aromatic heterocycles. The molecule has 17 heavy (non-hydrogen) atoms. The monoisotopic (exact) mass is 246 g/mol. The summed E-state index contributed by atoms with van der Waals surface area (Å²) in [6.45, 7) is 1.87. The summed E-state index contributed by atoms with van der Waals surface area (Å²) in [5, 5.41) is 8.94. The van der Waals surface area contributed by atoms with E-state index in [1.807, 2.05) is 7.05 Å². The van der Waals surface area contributed by atoms with Gasteiger partial charge in [-0.15, -0.1) is 11.3 Å². The molecular formula is C14H18N2S. The average molecular weight is 246 g/mol. The zero-order valence-electron chi connectivity index (χ0n) is 10.0. The third kappa shape index (κ3) is 3.66. The van der Waals surface area contributed by atoms with Crippen molar-refractivity contribution in [3.63, 3.8) is 0 Å². The Morgan fingerprint density at radius 1 is 1.12 bits per heavy atom. The molecule has 0 aliphatic rings. The number of thiophene rings is 1. The fourth-order valence-electron chi connectivity index (χ4n) is 1.83. The van der Waals surface area contributed by atoms with Crippen molar-refractivity contribution in [2.45, 2.75) is 12.6 Å². The summed E-state index contributed by atoms with van der Waals surface area (Å²) < 4.78 is 0. The van der Waals surface area contributed by atoms with E-state index in [4.69, 9.17) is 0 Å². The Kier molecular flexibility index (Phi) is 4.74. The minimum absolute atomic E-state index is 0.364. The molecule has 3 heteroatoms. The van der Waals surface area contributed by atoms with Crippen molar-refractivity contribution >= 4 is 11.3 Å². The number of rotatable bonds is 6. The number of nitrogens with one attached hydrogen (secondary N) is 2. The first kappa shape index (κ1) is 12.3. The Labute approximate surface area is 107 Å². The van der Waals surface area contributed by atoms with E-state index in [1.54, 1.807) is 11.3 Å². The predicted molar refractivity (Wildman–Crippen MR) is 74.3 cm³/mol. The first-order valence-electron chi connectivity index (χ1n) is 5.85. The Bertz CT molecular complexity index is 411. The van der Waals surface area contributed by atoms with Crippen molar-refractivity contribution in [1.82, 2.24) is 10.6 Å². The van der Waals surface area contributed by atoms with Gasteiger partial charge < -0.3 is 10.6 Å². The van der Waals surface area contributed by atoms with Crippen molar-refractivity contribution in [1.29, 1.82) is 0 Å². The summed E-state index contributed by atoms with van der Waals surface area (Å²) in [6, 6.07) is 15.2. The first-order valence-corrected chi connectivity index (χ1v) is 6.73. The lowest BCUT2D eigenvalue weighted by Gasteiger charge is -2.18. The summed E-state index contributed by atoms with van der Waals surface area (Å²) in [5.74, 6) is 0. The maximum absolute atomic E-state index is 3.59. The molecule has 1 atom stereocenters. The molecule has 2 N–H and O–H groups in total. The Hall–Kier alpha value is -1.16. The van der Waals surface area contributed by atoms with Gasteiger partial charge in [0.2, 0.25) is 0 Å². The molecule has 90 valence electrons. The molecule has 0 saturated heterocycles. The molecule has 2 aromatic rings. The molecule has 0 spiro atoms. The fraction of sp³-hybridized carbons (Fsp3) is 0.286. The largest absolute Gasteiger partial charge is 0.318 e. The third-order valence-corrected chi connectivity index (χ3v) is 3.59. The van der Waals surface area contributed by atoms with Crippen LogP contribution in [-0.2, 0) is 6.54 Å². The fourth-order valence-corrected chi connectivity index (χ4v) is 2.49. The molecule has 0 saturated carbocycles. The third-order valence-electron chi connectivity index (χ3n) is 2.71. The average Bonchev–Trinajstić information content (AvgIpc) is 2.88. The van der Waals surface area contributed by atoms with Gasteiger partial charge in [0.25, 0.3) is 0 Å². The van der Waals surface area contributed by atoms with E-state index in [0.717, 1.165) is 13.1 Å². The molecule has 0 aliphatic heterocycles. The maximum atomic E-state index is 3.59. The van der Waals surface area contributed by atoms with Gasteiger partial charge in [0.1, 0.15) is 0 Å². The molecule has 0 radical (unpaired) electrons. The number of benzene rings is 1. The standard InChI is InChI=1S/C14H18N2S/c1-15-11-14(12-6-3-2-4-7-12)16-10-13-8-5-9-17-13/h2-9,14-16H,10-11H2,1H3/t14-/m0/s1. The first-order chi connectivity index (χ1) is 8.40. The second kappa shape index (κ2) is 6.55. The molecule has 0 aliphatic carbocycles. The van der Waals surface area contributed by atoms with E-state index in [2.05, 4.69) is 58.5 Å². The lowest BCUT2D eigenvalue weighted by atomic mass is 10.1. The van der Waals surface area contributed by atoms with E-state index < -0.39 is 0 Å². The minimum atomic E-state index is 0.364. The van der Waals surface area contributed by atoms with Crippen LogP contribution in [0.25, 0.3) is 0 Å². The van der Waals surface area contributed by atoms with Crippen LogP contribution in [0.2, 0.25) is 0 Å². The van der Waals surface area contributed by atoms with Gasteiger partial charge in [-0.25, -0.2) is 0 Å². The maximum Gasteiger partial charge on any atom is 0.0449 e. The van der Waals surface area contributed by atoms with E-state index >= 15 is 0 Å². The van der Waals surface area contributed by atoms with E-state index in [9.17, 15) is 0 Å². The second-order valence-corrected chi connectivity index (χ2v) is 5.01. The Morgan fingerprint density at radius 2 is 1.94 bits per heavy atom. The van der Waals surface area contributed by atoms with Crippen LogP contribution in [-0.4, -0.2) is 13.6 Å². The number of hydrogen-bond donors (Lipinski definition) is 2. The van der Waals surface area contributed by atoms with Gasteiger partial charge in [0, 0.05) is 24.0 Å². The van der Waals surface area contributed by atoms with Crippen LogP contribution in [0.3, 0.4) is 0 Å². The number of hydrogen-bond acceptors (Lipinski definition) is 3. The van der Waals surface area contributed by atoms with Gasteiger partial charge in [-0.2, -0.15) is 0 Å². The van der Waals surface area contributed by atoms with Crippen molar-refractivity contribution in [2.75, 3.05) is 13.6 Å². The topological polar surface area (TPSA) is 24.1 Å². The zero-order chi connectivity index (χ0) is 11.9. The van der Waals surface area contributed by atoms with Crippen molar-refractivity contribution in [2.24, 2.45) is 0 Å². The van der Waals surface area contributed by atoms with Crippen LogP contribution in [0, 0.1) is 0 Å². The molecule has 0 unspecified atom stereocenters. The molecule has 2 nitrogen and oxygen atoms in total. The van der Waals surface area contributed by atoms with Gasteiger partial charge in [-0.1, -0.05) is 36.4 Å². The molecule has 1 aromatic carbocycles. The highest BCUT2D eigenvalue weighted by Crippen LogP contribution is 2.14. The SMILES string of the molecule is CNC[C@H](NCc1cccs1)c1ccccc1. The van der Waals surface area contributed by atoms with Crippen LogP contribution in [0.1, 0.15) is 16.5 Å². The summed E-state index contributed by atoms with van der Waals surface area (Å²) >= 11 is 1.80. The highest BCUT2D eigenvalue weighted by molar-refractivity contribution is 7.09. The zero-order valence-corrected chi connectivity index (χ0v) is 10.8. The molecular weight excluding hydrogens is 228 g/mol. The second-order valence-electron chi connectivity index (χ2n) is 3.98. The van der Waals surface area contributed by atoms with Crippen molar-refractivity contribution in [3.05, 3.63) is 58.3 Å². The van der Waals surface area contributed by atoms with Gasteiger partial charge in [-0.3, -0.25) is 0 Å². The van der Waals surface area contributed by atoms with Crippen molar-refractivity contribution in [3.8, 4) is 0 Å². The summed E-state index contributed by atoms with van der Waals surface area (Å²) in [7, 11) is 1.99. The minimum Gasteiger partial charge on any atom is -0.318 e. The predicted octanol–water partition coefficient (Wildman–Crippen LogP) is 2.80. The highest BCUT2D eigenvalue weighted by atomic mass is 32.1. The van der Waals surface area contributed by atoms with E-state index in [-0.39, 0.29) is 0 Å². The lowest BCUT2D eigenvalue weighted by molar-refractivity contribution is 0.511. The van der Waals surface area contributed by atoms with Crippen LogP contribution in [0.15, 0.2) is 47.8 Å². The Morgan fingerprint density at radius 3 is 2.59 bits per heavy atom. The van der Waals surface area contributed by atoms with Gasteiger partial charge in [0.15, 0.2) is 0 Å². The van der Waals surface area contributed by atoms with Gasteiger partial charge in [0.05, 0.1) is 0 Å². The summed E-state index contributed by atoms with van der Waals surface area (Å²) in [6.07, 6.45) is 0. The van der Waals surface area contributed by atoms with Crippen LogP contribution in [0.4, 0.5) is 0 Å². The van der Waals surface area contributed by atoms with Crippen LogP contribution < -0.4 is 10.6 Å². The number of likely N-dealkylation sites (N-methyl/N-ethyl adjacent to an activating group) is 1. The molecule has 1 heterocycles. The molecule has 0 amide bonds.